The van der Waals surface area contributed by atoms with E-state index < -0.39 is 15.7 Å². The highest BCUT2D eigenvalue weighted by atomic mass is 32.2. The Morgan fingerprint density at radius 3 is 2.25 bits per heavy atom. The summed E-state index contributed by atoms with van der Waals surface area (Å²) in [4.78, 5) is 28.4. The fourth-order valence-electron chi connectivity index (χ4n) is 4.29. The number of carbonyl (C=O) groups is 1. The van der Waals surface area contributed by atoms with Gasteiger partial charge in [-0.1, -0.05) is 12.1 Å². The molecule has 2 aliphatic rings. The number of amides is 1. The molecule has 2 aromatic rings. The van der Waals surface area contributed by atoms with Gasteiger partial charge in [0.2, 0.25) is 10.0 Å². The monoisotopic (exact) mass is 408 g/mol. The first-order chi connectivity index (χ1) is 13.3. The minimum Gasteiger partial charge on any atom is -0.453 e. The number of imidazole rings is 1. The molecular weight excluding hydrogens is 384 g/mol. The van der Waals surface area contributed by atoms with E-state index in [0.717, 1.165) is 36.2 Å². The summed E-state index contributed by atoms with van der Waals surface area (Å²) in [5.41, 5.74) is 0.574. The molecule has 0 spiro atoms. The third-order valence-corrected chi connectivity index (χ3v) is 6.76. The van der Waals surface area contributed by atoms with Crippen molar-refractivity contribution in [1.82, 2.24) is 18.3 Å². The van der Waals surface area contributed by atoms with Crippen LogP contribution in [-0.2, 0) is 14.8 Å². The van der Waals surface area contributed by atoms with Gasteiger partial charge in [0.25, 0.3) is 0 Å². The number of nitrogens with zero attached hydrogens (tertiary/aromatic N) is 4. The van der Waals surface area contributed by atoms with Gasteiger partial charge in [-0.2, -0.15) is 3.97 Å². The SMILES string of the molecule is COC(=O)N1CC(N2CCC(n3c(=O)n(S(C)(=O)=O)c4ccccc43)CC2)C1. The van der Waals surface area contributed by atoms with Gasteiger partial charge in [-0.15, -0.1) is 0 Å². The van der Waals surface area contributed by atoms with Crippen LogP contribution in [-0.4, -0.2) is 78.4 Å². The van der Waals surface area contributed by atoms with Crippen LogP contribution in [0.15, 0.2) is 29.1 Å². The van der Waals surface area contributed by atoms with Crippen molar-refractivity contribution in [2.75, 3.05) is 39.5 Å². The van der Waals surface area contributed by atoms with Gasteiger partial charge in [0.1, 0.15) is 0 Å². The van der Waals surface area contributed by atoms with E-state index in [1.165, 1.54) is 7.11 Å². The fraction of sp³-hybridized carbons (Fsp3) is 0.556. The van der Waals surface area contributed by atoms with E-state index in [0.29, 0.717) is 30.2 Å². The molecule has 0 atom stereocenters. The summed E-state index contributed by atoms with van der Waals surface area (Å²) >= 11 is 0. The number of aromatic nitrogens is 2. The summed E-state index contributed by atoms with van der Waals surface area (Å²) in [7, 11) is -2.31. The van der Waals surface area contributed by atoms with Gasteiger partial charge in [0.15, 0.2) is 0 Å². The zero-order valence-electron chi connectivity index (χ0n) is 15.9. The van der Waals surface area contributed by atoms with Gasteiger partial charge in [-0.05, 0) is 25.0 Å². The number of hydrogen-bond donors (Lipinski definition) is 0. The van der Waals surface area contributed by atoms with E-state index in [9.17, 15) is 18.0 Å². The number of para-hydroxylation sites is 2. The van der Waals surface area contributed by atoms with Crippen molar-refractivity contribution >= 4 is 27.1 Å². The second kappa shape index (κ2) is 6.93. The van der Waals surface area contributed by atoms with Crippen LogP contribution < -0.4 is 5.69 Å². The molecule has 1 aromatic heterocycles. The van der Waals surface area contributed by atoms with Crippen molar-refractivity contribution in [1.29, 1.82) is 0 Å². The van der Waals surface area contributed by atoms with Gasteiger partial charge in [0, 0.05) is 38.3 Å². The van der Waals surface area contributed by atoms with E-state index >= 15 is 0 Å². The predicted molar refractivity (Wildman–Crippen MR) is 104 cm³/mol. The Balaban J connectivity index is 1.53. The Labute approximate surface area is 163 Å². The number of piperidine rings is 1. The molecule has 0 aliphatic carbocycles. The summed E-state index contributed by atoms with van der Waals surface area (Å²) in [6, 6.07) is 7.28. The predicted octanol–water partition coefficient (Wildman–Crippen LogP) is 0.698. The lowest BCUT2D eigenvalue weighted by molar-refractivity contribution is 0.0152. The van der Waals surface area contributed by atoms with Crippen LogP contribution in [0.25, 0.3) is 11.0 Å². The van der Waals surface area contributed by atoms with Gasteiger partial charge in [-0.25, -0.2) is 18.0 Å². The summed E-state index contributed by atoms with van der Waals surface area (Å²) in [5, 5.41) is 0. The summed E-state index contributed by atoms with van der Waals surface area (Å²) in [5.74, 6) is 0. The molecule has 2 saturated heterocycles. The molecule has 0 radical (unpaired) electrons. The maximum absolute atomic E-state index is 12.9. The van der Waals surface area contributed by atoms with Crippen LogP contribution in [0, 0.1) is 0 Å². The van der Waals surface area contributed by atoms with Crippen molar-refractivity contribution in [3.05, 3.63) is 34.7 Å². The average molecular weight is 408 g/mol. The Hall–Kier alpha value is -2.33. The number of hydrogen-bond acceptors (Lipinski definition) is 6. The topological polar surface area (TPSA) is 93.8 Å². The Morgan fingerprint density at radius 2 is 1.68 bits per heavy atom. The minimum absolute atomic E-state index is 0.0477. The van der Waals surface area contributed by atoms with Crippen LogP contribution >= 0.6 is 0 Å². The number of benzene rings is 1. The third-order valence-electron chi connectivity index (χ3n) is 5.75. The first kappa shape index (κ1) is 19.0. The number of rotatable bonds is 3. The smallest absolute Gasteiger partial charge is 0.409 e. The van der Waals surface area contributed by atoms with Crippen LogP contribution in [0.1, 0.15) is 18.9 Å². The Kier molecular flexibility index (Phi) is 4.70. The zero-order valence-corrected chi connectivity index (χ0v) is 16.8. The molecule has 0 bridgehead atoms. The first-order valence-corrected chi connectivity index (χ1v) is 11.2. The van der Waals surface area contributed by atoms with E-state index in [1.807, 2.05) is 6.07 Å². The van der Waals surface area contributed by atoms with E-state index in [4.69, 9.17) is 4.74 Å². The molecule has 3 heterocycles. The van der Waals surface area contributed by atoms with E-state index in [2.05, 4.69) is 4.90 Å². The lowest BCUT2D eigenvalue weighted by Gasteiger charge is -2.46. The summed E-state index contributed by atoms with van der Waals surface area (Å²) < 4.78 is 31.6. The van der Waals surface area contributed by atoms with Gasteiger partial charge >= 0.3 is 11.8 Å². The number of methoxy groups -OCH3 is 1. The van der Waals surface area contributed by atoms with Crippen LogP contribution in [0.4, 0.5) is 4.79 Å². The van der Waals surface area contributed by atoms with Crippen molar-refractivity contribution in [2.45, 2.75) is 24.9 Å². The Bertz CT molecular complexity index is 1060. The molecule has 152 valence electrons. The Morgan fingerprint density at radius 1 is 1.07 bits per heavy atom. The molecule has 2 aliphatic heterocycles. The highest BCUT2D eigenvalue weighted by Gasteiger charge is 2.37. The quantitative estimate of drug-likeness (QED) is 0.742. The lowest BCUT2D eigenvalue weighted by Crippen LogP contribution is -2.62. The average Bonchev–Trinajstić information content (AvgIpc) is 2.93. The molecule has 4 rings (SSSR count). The van der Waals surface area contributed by atoms with Gasteiger partial charge in [-0.3, -0.25) is 9.47 Å². The highest BCUT2D eigenvalue weighted by Crippen LogP contribution is 2.28. The summed E-state index contributed by atoms with van der Waals surface area (Å²) in [6.07, 6.45) is 2.27. The van der Waals surface area contributed by atoms with Crippen molar-refractivity contribution in [3.63, 3.8) is 0 Å². The fourth-order valence-corrected chi connectivity index (χ4v) is 5.17. The van der Waals surface area contributed by atoms with E-state index in [-0.39, 0.29) is 12.1 Å². The second-order valence-corrected chi connectivity index (χ2v) is 9.30. The molecule has 0 unspecified atom stereocenters. The minimum atomic E-state index is -3.69. The normalized spacial score (nSPS) is 19.7. The standard InChI is InChI=1S/C18H24N4O5S/c1-27-18(24)20-11-14(12-20)19-9-7-13(8-10-19)21-15-5-3-4-6-16(15)22(17(21)23)28(2,25)26/h3-6,13-14H,7-12H2,1-2H3. The molecule has 1 aromatic carbocycles. The number of fused-ring (bicyclic) bond motifs is 1. The zero-order chi connectivity index (χ0) is 20.1. The van der Waals surface area contributed by atoms with Crippen LogP contribution in [0.3, 0.4) is 0 Å². The largest absolute Gasteiger partial charge is 0.453 e. The van der Waals surface area contributed by atoms with Gasteiger partial charge < -0.3 is 9.64 Å². The van der Waals surface area contributed by atoms with Crippen molar-refractivity contribution < 1.29 is 17.9 Å². The van der Waals surface area contributed by atoms with Crippen LogP contribution in [0.2, 0.25) is 0 Å². The number of ether oxygens (including phenoxy) is 1. The number of likely N-dealkylation sites (tertiary alicyclic amines) is 2. The molecular formula is C18H24N4O5S. The number of carbonyl (C=O) groups excluding carboxylic acids is 1. The second-order valence-electron chi connectivity index (χ2n) is 7.46. The maximum Gasteiger partial charge on any atom is 0.409 e. The third kappa shape index (κ3) is 3.10. The molecule has 9 nitrogen and oxygen atoms in total. The molecule has 10 heteroatoms. The van der Waals surface area contributed by atoms with Crippen molar-refractivity contribution in [2.24, 2.45) is 0 Å². The molecule has 1 amide bonds. The summed E-state index contributed by atoms with van der Waals surface area (Å²) in [6.45, 7) is 2.92. The molecule has 0 saturated carbocycles. The maximum atomic E-state index is 12.9. The first-order valence-electron chi connectivity index (χ1n) is 9.30. The van der Waals surface area contributed by atoms with Crippen molar-refractivity contribution in [3.8, 4) is 0 Å². The van der Waals surface area contributed by atoms with Crippen LogP contribution in [0.5, 0.6) is 0 Å². The molecule has 28 heavy (non-hydrogen) atoms. The highest BCUT2D eigenvalue weighted by molar-refractivity contribution is 7.89. The van der Waals surface area contributed by atoms with E-state index in [1.54, 1.807) is 27.7 Å². The molecule has 2 fully saturated rings. The molecule has 0 N–H and O–H groups in total. The van der Waals surface area contributed by atoms with Gasteiger partial charge in [0.05, 0.1) is 24.4 Å². The lowest BCUT2D eigenvalue weighted by atomic mass is 9.99.